The van der Waals surface area contributed by atoms with Crippen LogP contribution < -0.4 is 22.1 Å². The van der Waals surface area contributed by atoms with Gasteiger partial charge in [0.2, 0.25) is 11.8 Å². The molecule has 1 aromatic heterocycles. The Hall–Kier alpha value is -5.72. The number of fused-ring (bicyclic) bond motifs is 1. The summed E-state index contributed by atoms with van der Waals surface area (Å²) >= 11 is 0. The van der Waals surface area contributed by atoms with Crippen LogP contribution in [0.1, 0.15) is 30.4 Å². The first kappa shape index (κ1) is 50.3. The fourth-order valence-electron chi connectivity index (χ4n) is 3.56. The van der Waals surface area contributed by atoms with Gasteiger partial charge in [-0.25, -0.2) is 14.4 Å². The van der Waals surface area contributed by atoms with Gasteiger partial charge in [-0.05, 0) is 62.1 Å². The number of rotatable bonds is 10. The van der Waals surface area contributed by atoms with Gasteiger partial charge in [-0.3, -0.25) is 14.6 Å². The number of benzene rings is 2. The van der Waals surface area contributed by atoms with Crippen LogP contribution in [0.4, 0.5) is 58.4 Å². The van der Waals surface area contributed by atoms with Crippen molar-refractivity contribution in [2.75, 3.05) is 11.9 Å². The van der Waals surface area contributed by atoms with Gasteiger partial charge in [0.05, 0.1) is 29.0 Å². The number of carbonyl (C=O) groups is 5. The van der Waals surface area contributed by atoms with E-state index in [-0.39, 0.29) is 12.8 Å². The number of amides is 2. The molecule has 0 saturated carbocycles. The fourth-order valence-corrected chi connectivity index (χ4v) is 3.56. The average molecular weight is 830 g/mol. The SMILES string of the molecule is NCCC[C@H](N)C(=O)N[C@H](CCc1ccc(C(F)(F)F)cc1)C(=O)Nc1cnc2ccccc2c1.O=C(O)C(F)(F)F.O=C(O)C(F)(F)F.O=C(O)C(F)(F)F. The molecule has 2 aromatic carbocycles. The van der Waals surface area contributed by atoms with Crippen LogP contribution in [0.5, 0.6) is 0 Å². The largest absolute Gasteiger partial charge is 0.490 e. The number of carboxylic acids is 3. The minimum absolute atomic E-state index is 0.160. The van der Waals surface area contributed by atoms with Crippen LogP contribution in [0.2, 0.25) is 0 Å². The lowest BCUT2D eigenvalue weighted by atomic mass is 10.0. The van der Waals surface area contributed by atoms with Crippen molar-refractivity contribution in [2.45, 2.75) is 62.5 Å². The highest BCUT2D eigenvalue weighted by Crippen LogP contribution is 2.29. The molecule has 0 bridgehead atoms. The molecule has 3 rings (SSSR count). The van der Waals surface area contributed by atoms with E-state index >= 15 is 0 Å². The zero-order valence-electron chi connectivity index (χ0n) is 28.0. The molecular formula is C31H31F12N5O8. The van der Waals surface area contributed by atoms with E-state index in [1.165, 1.54) is 18.3 Å². The first-order valence-corrected chi connectivity index (χ1v) is 15.0. The predicted molar refractivity (Wildman–Crippen MR) is 169 cm³/mol. The summed E-state index contributed by atoms with van der Waals surface area (Å²) in [5.41, 5.74) is 12.5. The number of nitrogens with two attached hydrogens (primary N) is 2. The third-order valence-electron chi connectivity index (χ3n) is 6.28. The lowest BCUT2D eigenvalue weighted by Crippen LogP contribution is -2.50. The van der Waals surface area contributed by atoms with Crippen LogP contribution in [0.3, 0.4) is 0 Å². The van der Waals surface area contributed by atoms with Gasteiger partial charge in [-0.2, -0.15) is 52.7 Å². The van der Waals surface area contributed by atoms with E-state index in [2.05, 4.69) is 15.6 Å². The molecule has 0 unspecified atom stereocenters. The second-order valence-electron chi connectivity index (χ2n) is 10.6. The summed E-state index contributed by atoms with van der Waals surface area (Å²) in [5, 5.41) is 27.6. The average Bonchev–Trinajstić information content (AvgIpc) is 3.08. The molecule has 9 N–H and O–H groups in total. The Labute approximate surface area is 306 Å². The number of carboxylic acid groups (broad SMARTS) is 3. The number of anilines is 1. The van der Waals surface area contributed by atoms with Crippen LogP contribution in [-0.2, 0) is 36.6 Å². The summed E-state index contributed by atoms with van der Waals surface area (Å²) in [5.74, 6) is -9.25. The molecule has 56 heavy (non-hydrogen) atoms. The topological polar surface area (TPSA) is 235 Å². The molecule has 0 fully saturated rings. The molecule has 2 atom stereocenters. The third-order valence-corrected chi connectivity index (χ3v) is 6.28. The van der Waals surface area contributed by atoms with E-state index in [9.17, 15) is 62.3 Å². The van der Waals surface area contributed by atoms with Crippen molar-refractivity contribution in [2.24, 2.45) is 11.5 Å². The van der Waals surface area contributed by atoms with Crippen LogP contribution in [0.15, 0.2) is 60.8 Å². The molecule has 0 aliphatic rings. The maximum atomic E-state index is 13.1. The maximum absolute atomic E-state index is 13.1. The summed E-state index contributed by atoms with van der Waals surface area (Å²) in [6.07, 6.45) is -16.8. The Morgan fingerprint density at radius 2 is 1.16 bits per heavy atom. The summed E-state index contributed by atoms with van der Waals surface area (Å²) < 4.78 is 134. The standard InChI is InChI=1S/C25H28F3N5O2.3C2HF3O2/c26-25(27,28)18-10-7-16(8-11-18)9-12-22(33-23(34)20(30)5-3-13-29)24(35)32-19-14-17-4-1-2-6-21(17)31-15-19;3*3-2(4,5)1(6)7/h1-2,4,6-8,10-11,14-15,20,22H,3,5,9,12-13,29-30H2,(H,32,35)(H,33,34);3*(H,6,7)/t20-,22+;;;/m0.../s1. The highest BCUT2D eigenvalue weighted by molar-refractivity contribution is 5.99. The van der Waals surface area contributed by atoms with E-state index in [1.807, 2.05) is 24.3 Å². The summed E-state index contributed by atoms with van der Waals surface area (Å²) in [4.78, 5) is 56.6. The monoisotopic (exact) mass is 829 g/mol. The van der Waals surface area contributed by atoms with Crippen molar-refractivity contribution in [3.63, 3.8) is 0 Å². The van der Waals surface area contributed by atoms with Crippen molar-refractivity contribution in [3.8, 4) is 0 Å². The summed E-state index contributed by atoms with van der Waals surface area (Å²) in [7, 11) is 0. The van der Waals surface area contributed by atoms with Crippen molar-refractivity contribution < 1.29 is 92.0 Å². The number of nitrogens with one attached hydrogen (secondary N) is 2. The number of halogens is 12. The predicted octanol–water partition coefficient (Wildman–Crippen LogP) is 5.28. The smallest absolute Gasteiger partial charge is 0.475 e. The first-order valence-electron chi connectivity index (χ1n) is 15.0. The Morgan fingerprint density at radius 1 is 0.696 bits per heavy atom. The number of para-hydroxylation sites is 1. The molecule has 0 aliphatic carbocycles. The molecular weight excluding hydrogens is 798 g/mol. The Bertz CT molecular complexity index is 1690. The molecule has 0 radical (unpaired) electrons. The highest BCUT2D eigenvalue weighted by Gasteiger charge is 2.39. The number of pyridine rings is 1. The molecule has 0 aliphatic heterocycles. The van der Waals surface area contributed by atoms with Crippen molar-refractivity contribution >= 4 is 46.3 Å². The van der Waals surface area contributed by atoms with E-state index in [0.29, 0.717) is 30.6 Å². The molecule has 0 spiro atoms. The molecule has 0 saturated heterocycles. The number of carbonyl (C=O) groups excluding carboxylic acids is 2. The van der Waals surface area contributed by atoms with Gasteiger partial charge in [0.25, 0.3) is 0 Å². The Morgan fingerprint density at radius 3 is 1.59 bits per heavy atom. The first-order chi connectivity index (χ1) is 25.5. The second kappa shape index (κ2) is 22.0. The summed E-state index contributed by atoms with van der Waals surface area (Å²) in [6, 6.07) is 12.1. The third kappa shape index (κ3) is 20.1. The number of aryl methyl sites for hydroxylation is 1. The molecule has 25 heteroatoms. The Kier molecular flexibility index (Phi) is 19.7. The van der Waals surface area contributed by atoms with Gasteiger partial charge in [0.1, 0.15) is 6.04 Å². The van der Waals surface area contributed by atoms with E-state index in [4.69, 9.17) is 41.2 Å². The number of nitrogens with zero attached hydrogens (tertiary/aromatic N) is 1. The second-order valence-corrected chi connectivity index (χ2v) is 10.6. The zero-order valence-corrected chi connectivity index (χ0v) is 28.0. The van der Waals surface area contributed by atoms with Crippen LogP contribution in [0.25, 0.3) is 10.9 Å². The van der Waals surface area contributed by atoms with Gasteiger partial charge >= 0.3 is 42.6 Å². The van der Waals surface area contributed by atoms with E-state index < -0.39 is 72.1 Å². The van der Waals surface area contributed by atoms with Gasteiger partial charge in [0.15, 0.2) is 0 Å². The highest BCUT2D eigenvalue weighted by atomic mass is 19.4. The molecule has 312 valence electrons. The van der Waals surface area contributed by atoms with E-state index in [0.717, 1.165) is 23.0 Å². The Balaban J connectivity index is 0.00000117. The van der Waals surface area contributed by atoms with Gasteiger partial charge in [0, 0.05) is 5.39 Å². The normalized spacial score (nSPS) is 12.5. The number of alkyl halides is 12. The van der Waals surface area contributed by atoms with Crippen molar-refractivity contribution in [1.29, 1.82) is 0 Å². The lowest BCUT2D eigenvalue weighted by Gasteiger charge is -2.21. The van der Waals surface area contributed by atoms with Gasteiger partial charge in [-0.15, -0.1) is 0 Å². The minimum Gasteiger partial charge on any atom is -0.475 e. The maximum Gasteiger partial charge on any atom is 0.490 e. The van der Waals surface area contributed by atoms with Gasteiger partial charge < -0.3 is 37.4 Å². The lowest BCUT2D eigenvalue weighted by molar-refractivity contribution is -0.193. The molecule has 3 aromatic rings. The number of hydrogen-bond donors (Lipinski definition) is 7. The molecule has 1 heterocycles. The minimum atomic E-state index is -5.08. The van der Waals surface area contributed by atoms with Crippen LogP contribution in [-0.4, -0.2) is 87.2 Å². The fraction of sp³-hybridized carbons (Fsp3) is 0.355. The quantitative estimate of drug-likeness (QED) is 0.130. The van der Waals surface area contributed by atoms with Crippen molar-refractivity contribution in [3.05, 3.63) is 71.9 Å². The van der Waals surface area contributed by atoms with Crippen LogP contribution >= 0.6 is 0 Å². The molecule has 2 amide bonds. The van der Waals surface area contributed by atoms with E-state index in [1.54, 1.807) is 6.07 Å². The number of hydrogen-bond acceptors (Lipinski definition) is 8. The zero-order chi connectivity index (χ0) is 43.7. The number of aliphatic carboxylic acids is 3. The van der Waals surface area contributed by atoms with Crippen molar-refractivity contribution in [1.82, 2.24) is 10.3 Å². The number of aromatic nitrogens is 1. The van der Waals surface area contributed by atoms with Gasteiger partial charge in [-0.1, -0.05) is 30.3 Å². The van der Waals surface area contributed by atoms with Crippen LogP contribution in [0, 0.1) is 0 Å². The molecule has 13 nitrogen and oxygen atoms in total. The summed E-state index contributed by atoms with van der Waals surface area (Å²) in [6.45, 7) is 0.383.